The monoisotopic (exact) mass is 965 g/mol. The number of fused-ring (bicyclic) bond motifs is 1. The Balaban J connectivity index is 1.51. The molecule has 0 bridgehead atoms. The minimum Gasteiger partial charge on any atom is -0.457 e. The zero-order valence-electron chi connectivity index (χ0n) is 33.8. The predicted octanol–water partition coefficient (Wildman–Crippen LogP) is 4.24. The quantitative estimate of drug-likeness (QED) is 0.0655. The Labute approximate surface area is 377 Å². The van der Waals surface area contributed by atoms with Crippen LogP contribution in [0.1, 0.15) is 47.9 Å². The maximum absolute atomic E-state index is 14.1. The summed E-state index contributed by atoms with van der Waals surface area (Å²) in [5.74, 6) is -6.53. The van der Waals surface area contributed by atoms with Crippen molar-refractivity contribution in [3.63, 3.8) is 0 Å². The summed E-state index contributed by atoms with van der Waals surface area (Å²) in [7, 11) is 0. The van der Waals surface area contributed by atoms with Gasteiger partial charge in [-0.25, -0.2) is 19.2 Å². The summed E-state index contributed by atoms with van der Waals surface area (Å²) < 4.78 is 22.5. The van der Waals surface area contributed by atoms with Crippen molar-refractivity contribution in [2.45, 2.75) is 36.9 Å². The van der Waals surface area contributed by atoms with E-state index in [0.717, 1.165) is 0 Å². The average Bonchev–Trinajstić information content (AvgIpc) is 3.70. The molecule has 0 radical (unpaired) electrons. The van der Waals surface area contributed by atoms with Crippen molar-refractivity contribution in [2.75, 3.05) is 13.1 Å². The maximum Gasteiger partial charge on any atom is 0.339 e. The van der Waals surface area contributed by atoms with Gasteiger partial charge in [0, 0.05) is 61.6 Å². The lowest BCUT2D eigenvalue weighted by molar-refractivity contribution is -0.394. The molecule has 5 atom stereocenters. The number of ether oxygens (including phenoxy) is 4. The van der Waals surface area contributed by atoms with Gasteiger partial charge in [0.15, 0.2) is 18.3 Å². The first-order valence-electron chi connectivity index (χ1n) is 18.8. The molecule has 0 saturated carbocycles. The summed E-state index contributed by atoms with van der Waals surface area (Å²) in [4.78, 5) is 141. The van der Waals surface area contributed by atoms with E-state index in [2.05, 4.69) is 0 Å². The second kappa shape index (κ2) is 19.2. The average molecular weight is 966 g/mol. The highest BCUT2D eigenvalue weighted by Gasteiger charge is 2.56. The topological polar surface area (TPSA) is 454 Å². The molecule has 4 aromatic carbocycles. The van der Waals surface area contributed by atoms with Crippen molar-refractivity contribution in [2.24, 2.45) is 0 Å². The Morgan fingerprint density at radius 3 is 0.899 bits per heavy atom. The number of nitrogens with zero attached hydrogens (tertiary/aromatic N) is 9. The van der Waals surface area contributed by atoms with Crippen molar-refractivity contribution in [1.29, 1.82) is 0 Å². The number of benzene rings is 4. The van der Waals surface area contributed by atoms with Crippen LogP contribution in [0.3, 0.4) is 0 Å². The molecule has 6 rings (SSSR count). The molecule has 356 valence electrons. The fourth-order valence-corrected chi connectivity index (χ4v) is 7.22. The Kier molecular flexibility index (Phi) is 13.4. The zero-order valence-corrected chi connectivity index (χ0v) is 33.8. The summed E-state index contributed by atoms with van der Waals surface area (Å²) in [6.45, 7) is -0.977. The summed E-state index contributed by atoms with van der Waals surface area (Å²) in [6, 6.07) is 4.53. The van der Waals surface area contributed by atoms with E-state index < -0.39 is 168 Å². The van der Waals surface area contributed by atoms with Crippen molar-refractivity contribution >= 4 is 69.4 Å². The van der Waals surface area contributed by atoms with Crippen molar-refractivity contribution in [3.8, 4) is 0 Å². The van der Waals surface area contributed by atoms with Crippen LogP contribution >= 0.6 is 0 Å². The van der Waals surface area contributed by atoms with Crippen LogP contribution in [0.25, 0.3) is 0 Å². The van der Waals surface area contributed by atoms with E-state index in [1.165, 1.54) is 4.90 Å². The number of hydrogen-bond acceptors (Lipinski definition) is 25. The number of esters is 4. The molecule has 5 unspecified atom stereocenters. The molecule has 4 aromatic rings. The van der Waals surface area contributed by atoms with E-state index in [1.807, 2.05) is 0 Å². The zero-order chi connectivity index (χ0) is 50.8. The molecular weight excluding hydrogens is 942 g/mol. The molecule has 33 heteroatoms. The van der Waals surface area contributed by atoms with Gasteiger partial charge >= 0.3 is 23.9 Å². The molecule has 33 nitrogen and oxygen atoms in total. The second-order valence-electron chi connectivity index (χ2n) is 14.4. The van der Waals surface area contributed by atoms with Crippen LogP contribution in [0.4, 0.5) is 45.5 Å². The van der Waals surface area contributed by atoms with E-state index in [-0.39, 0.29) is 13.0 Å². The minimum atomic E-state index is -2.34. The number of carbonyl (C=O) groups is 4. The molecule has 2 aliphatic rings. The van der Waals surface area contributed by atoms with Gasteiger partial charge in [-0.1, -0.05) is 0 Å². The third kappa shape index (κ3) is 10.6. The molecule has 69 heavy (non-hydrogen) atoms. The number of rotatable bonds is 16. The molecule has 0 N–H and O–H groups in total. The second-order valence-corrected chi connectivity index (χ2v) is 14.4. The Morgan fingerprint density at radius 1 is 0.377 bits per heavy atom. The van der Waals surface area contributed by atoms with Crippen molar-refractivity contribution in [3.05, 3.63) is 176 Å². The smallest absolute Gasteiger partial charge is 0.339 e. The largest absolute Gasteiger partial charge is 0.457 e. The number of nitro benzene ring substituents is 8. The van der Waals surface area contributed by atoms with Crippen LogP contribution < -0.4 is 0 Å². The minimum absolute atomic E-state index is 0.276. The fraction of sp³-hybridized carbons (Fsp3) is 0.222. The number of carbonyl (C=O) groups excluding carboxylic acids is 4. The summed E-state index contributed by atoms with van der Waals surface area (Å²) in [5.41, 5.74) is -11.5. The molecule has 0 spiro atoms. The summed E-state index contributed by atoms with van der Waals surface area (Å²) >= 11 is 0. The number of nitro groups is 8. The van der Waals surface area contributed by atoms with E-state index in [0.29, 0.717) is 72.8 Å². The Hall–Kier alpha value is -10.1. The van der Waals surface area contributed by atoms with Gasteiger partial charge in [0.25, 0.3) is 45.5 Å². The maximum atomic E-state index is 14.1. The predicted molar refractivity (Wildman–Crippen MR) is 216 cm³/mol. The van der Waals surface area contributed by atoms with Crippen LogP contribution in [0.2, 0.25) is 0 Å². The fourth-order valence-electron chi connectivity index (χ4n) is 7.22. The molecule has 0 aliphatic carbocycles. The normalized spacial score (nSPS) is 18.3. The first-order chi connectivity index (χ1) is 32.4. The highest BCUT2D eigenvalue weighted by atomic mass is 16.7. The van der Waals surface area contributed by atoms with Crippen molar-refractivity contribution in [1.82, 2.24) is 4.90 Å². The van der Waals surface area contributed by atoms with Crippen LogP contribution in [0.15, 0.2) is 72.8 Å². The molecule has 2 aliphatic heterocycles. The van der Waals surface area contributed by atoms with Gasteiger partial charge in [-0.3, -0.25) is 85.8 Å². The summed E-state index contributed by atoms with van der Waals surface area (Å²) in [5, 5.41) is 93.3. The van der Waals surface area contributed by atoms with Crippen LogP contribution in [-0.4, -0.2) is 112 Å². The number of non-ortho nitro benzene ring substituents is 8. The molecule has 0 aromatic heterocycles. The molecule has 0 amide bonds. The first kappa shape index (κ1) is 48.4. The Bertz CT molecular complexity index is 2830. The molecule has 2 heterocycles. The summed E-state index contributed by atoms with van der Waals surface area (Å²) in [6.07, 6.45) is -8.64. The number of piperidine rings is 1. The number of hydrogen-bond donors (Lipinski definition) is 0. The Morgan fingerprint density at radius 2 is 0.623 bits per heavy atom. The van der Waals surface area contributed by atoms with Gasteiger partial charge in [-0.2, -0.15) is 0 Å². The van der Waals surface area contributed by atoms with Crippen molar-refractivity contribution < 1.29 is 77.5 Å². The van der Waals surface area contributed by atoms with Gasteiger partial charge in [0.2, 0.25) is 0 Å². The van der Waals surface area contributed by atoms with Crippen LogP contribution in [0, 0.1) is 80.9 Å². The van der Waals surface area contributed by atoms with Gasteiger partial charge in [-0.15, -0.1) is 0 Å². The lowest BCUT2D eigenvalue weighted by Crippen LogP contribution is -2.65. The van der Waals surface area contributed by atoms with Gasteiger partial charge in [-0.05, 0) is 6.42 Å². The van der Waals surface area contributed by atoms with Gasteiger partial charge in [0.1, 0.15) is 6.10 Å². The molecule has 2 fully saturated rings. The van der Waals surface area contributed by atoms with Gasteiger partial charge < -0.3 is 18.9 Å². The standard InChI is InChI=1S/C36H23N9O24/c46-33(16-3-20(38(50)51)11-21(4-16)39(52)53)66-28-1-2-37-15-29(67-34(47)17-5-22(40(54)55)12-23(6-17)41(56)57)31(68-35(48)18-7-24(42(58)59)13-25(8-18)43(60)61)32(30(28)37)69-36(49)19-9-26(44(62)63)14-27(10-19)45(64)65/h3-14,28-32H,1-2,15H2. The van der Waals surface area contributed by atoms with Crippen LogP contribution in [0.5, 0.6) is 0 Å². The highest BCUT2D eigenvalue weighted by Crippen LogP contribution is 2.38. The third-order valence-electron chi connectivity index (χ3n) is 10.2. The first-order valence-corrected chi connectivity index (χ1v) is 18.8. The SMILES string of the molecule is O=C(OC1CN2CCC(OC(=O)c3cc([N+](=O)[O-])cc([N+](=O)[O-])c3)C2C(OC(=O)c2cc([N+](=O)[O-])cc([N+](=O)[O-])c2)C1OC(=O)c1cc([N+](=O)[O-])cc([N+](=O)[O-])c1)c1cc([N+](=O)[O-])cc([N+](=O)[O-])c1. The van der Waals surface area contributed by atoms with Crippen LogP contribution in [-0.2, 0) is 18.9 Å². The lowest BCUT2D eigenvalue weighted by Gasteiger charge is -2.45. The highest BCUT2D eigenvalue weighted by molar-refractivity contribution is 5.94. The van der Waals surface area contributed by atoms with E-state index in [9.17, 15) is 100 Å². The van der Waals surface area contributed by atoms with E-state index in [4.69, 9.17) is 18.9 Å². The van der Waals surface area contributed by atoms with Gasteiger partial charge in [0.05, 0.1) is 91.9 Å². The van der Waals surface area contributed by atoms with E-state index >= 15 is 0 Å². The third-order valence-corrected chi connectivity index (χ3v) is 10.2. The lowest BCUT2D eigenvalue weighted by atomic mass is 9.91. The molecular formula is C36H23N9O24. The van der Waals surface area contributed by atoms with E-state index in [1.54, 1.807) is 0 Å². The molecule has 2 saturated heterocycles.